The molecular formula is C14H29NO2. The van der Waals surface area contributed by atoms with E-state index < -0.39 is 5.60 Å². The van der Waals surface area contributed by atoms with Crippen LogP contribution in [-0.2, 0) is 4.74 Å². The van der Waals surface area contributed by atoms with Gasteiger partial charge in [-0.2, -0.15) is 0 Å². The number of rotatable bonds is 3. The van der Waals surface area contributed by atoms with E-state index in [9.17, 15) is 4.79 Å². The first-order valence-electron chi connectivity index (χ1n) is 6.41. The Morgan fingerprint density at radius 3 is 1.88 bits per heavy atom. The van der Waals surface area contributed by atoms with Gasteiger partial charge < -0.3 is 10.1 Å². The number of alkyl carbamates (subject to hydrolysis) is 1. The molecule has 0 saturated carbocycles. The number of hydrogen-bond acceptors (Lipinski definition) is 2. The quantitative estimate of drug-likeness (QED) is 0.814. The van der Waals surface area contributed by atoms with E-state index in [1.807, 2.05) is 20.8 Å². The maximum atomic E-state index is 11.8. The standard InChI is InChI=1S/C14H29NO2/c1-10(2)9-11(13(3,4)5)15-12(16)17-14(6,7)8/h10-11H,9H2,1-8H3,(H,15,16). The molecule has 0 aromatic heterocycles. The molecule has 1 unspecified atom stereocenters. The van der Waals surface area contributed by atoms with E-state index in [-0.39, 0.29) is 17.6 Å². The molecule has 0 aliphatic carbocycles. The Kier molecular flexibility index (Phi) is 5.50. The summed E-state index contributed by atoms with van der Waals surface area (Å²) in [5.41, 5.74) is -0.397. The zero-order valence-electron chi connectivity index (χ0n) is 12.7. The molecule has 3 heteroatoms. The summed E-state index contributed by atoms with van der Waals surface area (Å²) in [7, 11) is 0. The predicted octanol–water partition coefficient (Wildman–Crippen LogP) is 3.97. The molecule has 0 saturated heterocycles. The number of hydrogen-bond donors (Lipinski definition) is 1. The third-order valence-electron chi connectivity index (χ3n) is 2.44. The van der Waals surface area contributed by atoms with Crippen molar-refractivity contribution in [3.63, 3.8) is 0 Å². The monoisotopic (exact) mass is 243 g/mol. The van der Waals surface area contributed by atoms with Crippen molar-refractivity contribution in [1.29, 1.82) is 0 Å². The van der Waals surface area contributed by atoms with E-state index in [0.717, 1.165) is 6.42 Å². The minimum atomic E-state index is -0.440. The molecule has 102 valence electrons. The second-order valence-electron chi connectivity index (χ2n) is 7.19. The van der Waals surface area contributed by atoms with Crippen LogP contribution in [0.3, 0.4) is 0 Å². The van der Waals surface area contributed by atoms with Crippen molar-refractivity contribution in [2.45, 2.75) is 73.5 Å². The van der Waals surface area contributed by atoms with Crippen LogP contribution in [-0.4, -0.2) is 17.7 Å². The first-order chi connectivity index (χ1) is 7.42. The average Bonchev–Trinajstić information content (AvgIpc) is 1.95. The Hall–Kier alpha value is -0.730. The van der Waals surface area contributed by atoms with Crippen molar-refractivity contribution in [2.75, 3.05) is 0 Å². The highest BCUT2D eigenvalue weighted by Crippen LogP contribution is 2.25. The van der Waals surface area contributed by atoms with E-state index in [4.69, 9.17) is 4.74 Å². The molecule has 0 radical (unpaired) electrons. The van der Waals surface area contributed by atoms with Crippen molar-refractivity contribution in [2.24, 2.45) is 11.3 Å². The molecule has 0 aliphatic rings. The molecule has 0 bridgehead atoms. The summed E-state index contributed by atoms with van der Waals surface area (Å²) >= 11 is 0. The summed E-state index contributed by atoms with van der Waals surface area (Å²) in [6.07, 6.45) is 0.640. The van der Waals surface area contributed by atoms with Gasteiger partial charge in [0, 0.05) is 6.04 Å². The fourth-order valence-electron chi connectivity index (χ4n) is 1.55. The number of carbonyl (C=O) groups is 1. The molecule has 3 nitrogen and oxygen atoms in total. The lowest BCUT2D eigenvalue weighted by Gasteiger charge is -2.33. The van der Waals surface area contributed by atoms with Crippen molar-refractivity contribution in [3.8, 4) is 0 Å². The highest BCUT2D eigenvalue weighted by molar-refractivity contribution is 5.68. The number of amides is 1. The van der Waals surface area contributed by atoms with Crippen molar-refractivity contribution >= 4 is 6.09 Å². The Bertz CT molecular complexity index is 246. The van der Waals surface area contributed by atoms with Crippen LogP contribution < -0.4 is 5.32 Å². The van der Waals surface area contributed by atoms with Gasteiger partial charge in [0.1, 0.15) is 5.60 Å². The van der Waals surface area contributed by atoms with Crippen LogP contribution in [0, 0.1) is 11.3 Å². The molecule has 0 rings (SSSR count). The van der Waals surface area contributed by atoms with Gasteiger partial charge in [-0.15, -0.1) is 0 Å². The van der Waals surface area contributed by atoms with Crippen molar-refractivity contribution in [3.05, 3.63) is 0 Å². The summed E-state index contributed by atoms with van der Waals surface area (Å²) in [6.45, 7) is 16.4. The van der Waals surface area contributed by atoms with Gasteiger partial charge in [-0.05, 0) is 38.5 Å². The van der Waals surface area contributed by atoms with Crippen LogP contribution >= 0.6 is 0 Å². The normalized spacial score (nSPS) is 14.6. The molecule has 1 N–H and O–H groups in total. The zero-order valence-corrected chi connectivity index (χ0v) is 12.7. The van der Waals surface area contributed by atoms with Gasteiger partial charge in [0.25, 0.3) is 0 Å². The van der Waals surface area contributed by atoms with E-state index in [1.165, 1.54) is 0 Å². The van der Waals surface area contributed by atoms with Gasteiger partial charge in [-0.1, -0.05) is 34.6 Å². The Morgan fingerprint density at radius 2 is 1.59 bits per heavy atom. The third kappa shape index (κ3) is 8.06. The van der Waals surface area contributed by atoms with E-state index in [2.05, 4.69) is 39.9 Å². The fraction of sp³-hybridized carbons (Fsp3) is 0.929. The number of nitrogens with one attached hydrogen (secondary N) is 1. The topological polar surface area (TPSA) is 38.3 Å². The summed E-state index contributed by atoms with van der Waals surface area (Å²) in [5.74, 6) is 0.550. The minimum absolute atomic E-state index is 0.0428. The van der Waals surface area contributed by atoms with Crippen LogP contribution in [0.25, 0.3) is 0 Å². The maximum Gasteiger partial charge on any atom is 0.407 e. The molecule has 0 aliphatic heterocycles. The largest absolute Gasteiger partial charge is 0.444 e. The molecule has 0 spiro atoms. The maximum absolute atomic E-state index is 11.8. The van der Waals surface area contributed by atoms with Crippen molar-refractivity contribution < 1.29 is 9.53 Å². The first kappa shape index (κ1) is 16.3. The summed E-state index contributed by atoms with van der Waals surface area (Å²) in [4.78, 5) is 11.8. The molecular weight excluding hydrogens is 214 g/mol. The summed E-state index contributed by atoms with van der Waals surface area (Å²) < 4.78 is 5.29. The highest BCUT2D eigenvalue weighted by Gasteiger charge is 2.28. The Morgan fingerprint density at radius 1 is 1.12 bits per heavy atom. The molecule has 0 aromatic rings. The van der Waals surface area contributed by atoms with Gasteiger partial charge >= 0.3 is 6.09 Å². The zero-order chi connectivity index (χ0) is 13.9. The first-order valence-corrected chi connectivity index (χ1v) is 6.41. The van der Waals surface area contributed by atoms with E-state index >= 15 is 0 Å². The van der Waals surface area contributed by atoms with E-state index in [0.29, 0.717) is 5.92 Å². The lowest BCUT2D eigenvalue weighted by atomic mass is 9.82. The van der Waals surface area contributed by atoms with Crippen LogP contribution in [0.2, 0.25) is 0 Å². The molecule has 1 amide bonds. The molecule has 0 heterocycles. The van der Waals surface area contributed by atoms with Gasteiger partial charge in [0.05, 0.1) is 0 Å². The second-order valence-corrected chi connectivity index (χ2v) is 7.19. The highest BCUT2D eigenvalue weighted by atomic mass is 16.6. The van der Waals surface area contributed by atoms with Gasteiger partial charge in [-0.25, -0.2) is 4.79 Å². The average molecular weight is 243 g/mol. The smallest absolute Gasteiger partial charge is 0.407 e. The van der Waals surface area contributed by atoms with Crippen molar-refractivity contribution in [1.82, 2.24) is 5.32 Å². The molecule has 0 fully saturated rings. The van der Waals surface area contributed by atoms with Crippen LogP contribution in [0.1, 0.15) is 61.8 Å². The minimum Gasteiger partial charge on any atom is -0.444 e. The lowest BCUT2D eigenvalue weighted by Crippen LogP contribution is -2.46. The van der Waals surface area contributed by atoms with Gasteiger partial charge in [0.2, 0.25) is 0 Å². The Balaban J connectivity index is 4.50. The molecule has 17 heavy (non-hydrogen) atoms. The SMILES string of the molecule is CC(C)CC(NC(=O)OC(C)(C)C)C(C)(C)C. The van der Waals surface area contributed by atoms with Crippen LogP contribution in [0.15, 0.2) is 0 Å². The van der Waals surface area contributed by atoms with Crippen LogP contribution in [0.5, 0.6) is 0 Å². The van der Waals surface area contributed by atoms with E-state index in [1.54, 1.807) is 0 Å². The second kappa shape index (κ2) is 5.74. The lowest BCUT2D eigenvalue weighted by molar-refractivity contribution is 0.0452. The number of carbonyl (C=O) groups excluding carboxylic acids is 1. The Labute approximate surface area is 106 Å². The third-order valence-corrected chi connectivity index (χ3v) is 2.44. The summed E-state index contributed by atoms with van der Waals surface area (Å²) in [5, 5.41) is 2.98. The molecule has 0 aromatic carbocycles. The predicted molar refractivity (Wildman–Crippen MR) is 72.1 cm³/mol. The van der Waals surface area contributed by atoms with Crippen LogP contribution in [0.4, 0.5) is 4.79 Å². The van der Waals surface area contributed by atoms with Gasteiger partial charge in [0.15, 0.2) is 0 Å². The molecule has 1 atom stereocenters. The number of ether oxygens (including phenoxy) is 1. The fourth-order valence-corrected chi connectivity index (χ4v) is 1.55. The van der Waals surface area contributed by atoms with Gasteiger partial charge in [-0.3, -0.25) is 0 Å². The summed E-state index contributed by atoms with van der Waals surface area (Å²) in [6, 6.07) is 0.136.